The summed E-state index contributed by atoms with van der Waals surface area (Å²) in [5, 5.41) is 0. The molecule has 1 aliphatic rings. The molecule has 0 aliphatic heterocycles. The Bertz CT molecular complexity index is 82.2. The summed E-state index contributed by atoms with van der Waals surface area (Å²) in [5.41, 5.74) is 0. The summed E-state index contributed by atoms with van der Waals surface area (Å²) in [5.74, 6) is 1.13. The molecule has 1 aliphatic carbocycles. The zero-order chi connectivity index (χ0) is 5.28. The lowest BCUT2D eigenvalue weighted by Gasteiger charge is -1.83. The van der Waals surface area contributed by atoms with Crippen LogP contribution in [0.15, 0.2) is 0 Å². The summed E-state index contributed by atoms with van der Waals surface area (Å²) in [7, 11) is 0. The topological polar surface area (TPSA) is 17.1 Å². The van der Waals surface area contributed by atoms with Crippen molar-refractivity contribution in [3.63, 3.8) is 0 Å². The SMILES string of the molecule is CC(=O)CC1CC1. The fraction of sp³-hybridized carbons (Fsp3) is 0.833. The van der Waals surface area contributed by atoms with Gasteiger partial charge in [-0.25, -0.2) is 0 Å². The lowest BCUT2D eigenvalue weighted by Crippen LogP contribution is -1.88. The monoisotopic (exact) mass is 98.1 g/mol. The van der Waals surface area contributed by atoms with Gasteiger partial charge in [0.2, 0.25) is 0 Å². The van der Waals surface area contributed by atoms with Crippen LogP contribution in [0.3, 0.4) is 0 Å². The van der Waals surface area contributed by atoms with Gasteiger partial charge in [0.25, 0.3) is 0 Å². The van der Waals surface area contributed by atoms with Crippen LogP contribution in [0.4, 0.5) is 0 Å². The molecule has 1 nitrogen and oxygen atoms in total. The Balaban J connectivity index is 2.08. The van der Waals surface area contributed by atoms with Crippen LogP contribution in [0.5, 0.6) is 0 Å². The van der Waals surface area contributed by atoms with Gasteiger partial charge in [0.1, 0.15) is 5.78 Å². The van der Waals surface area contributed by atoms with Crippen LogP contribution >= 0.6 is 0 Å². The minimum atomic E-state index is 0.350. The van der Waals surface area contributed by atoms with Gasteiger partial charge in [-0.05, 0) is 25.7 Å². The molecule has 0 saturated heterocycles. The number of carbonyl (C=O) groups is 1. The second-order valence-electron chi connectivity index (χ2n) is 2.35. The van der Waals surface area contributed by atoms with Gasteiger partial charge < -0.3 is 4.79 Å². The molecule has 0 aromatic heterocycles. The first-order valence-corrected chi connectivity index (χ1v) is 2.78. The summed E-state index contributed by atoms with van der Waals surface area (Å²) >= 11 is 0. The Hall–Kier alpha value is -0.330. The standard InChI is InChI=1S/C6H10O/c1-5(7)4-6-2-3-6/h6H,2-4H2,1H3. The van der Waals surface area contributed by atoms with Crippen molar-refractivity contribution in [1.82, 2.24) is 0 Å². The van der Waals surface area contributed by atoms with Crippen LogP contribution in [0.25, 0.3) is 0 Å². The molecule has 0 aromatic rings. The molecule has 40 valence electrons. The van der Waals surface area contributed by atoms with Gasteiger partial charge in [0, 0.05) is 6.42 Å². The first-order chi connectivity index (χ1) is 3.29. The third-order valence-electron chi connectivity index (χ3n) is 1.27. The molecule has 0 atom stereocenters. The van der Waals surface area contributed by atoms with Crippen LogP contribution in [-0.4, -0.2) is 5.78 Å². The minimum Gasteiger partial charge on any atom is -0.300 e. The first kappa shape index (κ1) is 4.82. The number of ketones is 1. The normalized spacial score (nSPS) is 19.6. The summed E-state index contributed by atoms with van der Waals surface area (Å²) in [6.45, 7) is 1.66. The van der Waals surface area contributed by atoms with Gasteiger partial charge >= 0.3 is 0 Å². The largest absolute Gasteiger partial charge is 0.300 e. The quantitative estimate of drug-likeness (QED) is 0.510. The maximum absolute atomic E-state index is 10.3. The zero-order valence-corrected chi connectivity index (χ0v) is 4.61. The number of hydrogen-bond acceptors (Lipinski definition) is 1. The lowest BCUT2D eigenvalue weighted by atomic mass is 10.2. The van der Waals surface area contributed by atoms with Crippen molar-refractivity contribution in [1.29, 1.82) is 0 Å². The van der Waals surface area contributed by atoms with Crippen molar-refractivity contribution in [3.8, 4) is 0 Å². The predicted octanol–water partition coefficient (Wildman–Crippen LogP) is 1.38. The number of hydrogen-bond donors (Lipinski definition) is 0. The van der Waals surface area contributed by atoms with E-state index in [0.29, 0.717) is 5.78 Å². The molecule has 1 heteroatoms. The fourth-order valence-electron chi connectivity index (χ4n) is 0.729. The first-order valence-electron chi connectivity index (χ1n) is 2.78. The zero-order valence-electron chi connectivity index (χ0n) is 4.61. The van der Waals surface area contributed by atoms with Crippen LogP contribution in [0, 0.1) is 5.92 Å². The van der Waals surface area contributed by atoms with E-state index in [0.717, 1.165) is 12.3 Å². The second kappa shape index (κ2) is 1.65. The average Bonchev–Trinajstić information content (AvgIpc) is 2.17. The van der Waals surface area contributed by atoms with E-state index in [2.05, 4.69) is 0 Å². The minimum absolute atomic E-state index is 0.350. The van der Waals surface area contributed by atoms with E-state index in [-0.39, 0.29) is 0 Å². The van der Waals surface area contributed by atoms with E-state index in [1.54, 1.807) is 6.92 Å². The highest BCUT2D eigenvalue weighted by molar-refractivity contribution is 5.75. The van der Waals surface area contributed by atoms with Gasteiger partial charge in [-0.15, -0.1) is 0 Å². The molecule has 0 radical (unpaired) electrons. The predicted molar refractivity (Wildman–Crippen MR) is 28.0 cm³/mol. The number of Topliss-reactive ketones (excluding diaryl/α,β-unsaturated/α-hetero) is 1. The Labute approximate surface area is 43.7 Å². The molecule has 0 bridgehead atoms. The van der Waals surface area contributed by atoms with E-state index in [9.17, 15) is 4.79 Å². The molecular formula is C6H10O. The maximum atomic E-state index is 10.3. The summed E-state index contributed by atoms with van der Waals surface area (Å²) in [6.07, 6.45) is 3.42. The summed E-state index contributed by atoms with van der Waals surface area (Å²) < 4.78 is 0. The molecule has 7 heavy (non-hydrogen) atoms. The average molecular weight is 98.1 g/mol. The van der Waals surface area contributed by atoms with Crippen molar-refractivity contribution >= 4 is 5.78 Å². The van der Waals surface area contributed by atoms with Crippen LogP contribution in [-0.2, 0) is 4.79 Å². The van der Waals surface area contributed by atoms with E-state index < -0.39 is 0 Å². The molecule has 0 aromatic carbocycles. The van der Waals surface area contributed by atoms with Crippen LogP contribution < -0.4 is 0 Å². The van der Waals surface area contributed by atoms with Gasteiger partial charge in [0.05, 0.1) is 0 Å². The highest BCUT2D eigenvalue weighted by atomic mass is 16.1. The number of rotatable bonds is 2. The van der Waals surface area contributed by atoms with Crippen molar-refractivity contribution < 1.29 is 4.79 Å². The molecular weight excluding hydrogens is 88.1 g/mol. The third-order valence-corrected chi connectivity index (χ3v) is 1.27. The van der Waals surface area contributed by atoms with E-state index in [1.165, 1.54) is 12.8 Å². The summed E-state index contributed by atoms with van der Waals surface area (Å²) in [6, 6.07) is 0. The Morgan fingerprint density at radius 1 is 1.71 bits per heavy atom. The second-order valence-corrected chi connectivity index (χ2v) is 2.35. The molecule has 0 N–H and O–H groups in total. The van der Waals surface area contributed by atoms with Crippen molar-refractivity contribution in [2.45, 2.75) is 26.2 Å². The molecule has 1 rings (SSSR count). The molecule has 1 fully saturated rings. The molecule has 0 spiro atoms. The van der Waals surface area contributed by atoms with Gasteiger partial charge in [-0.3, -0.25) is 0 Å². The Morgan fingerprint density at radius 2 is 2.29 bits per heavy atom. The molecule has 1 saturated carbocycles. The molecule has 0 unspecified atom stereocenters. The highest BCUT2D eigenvalue weighted by Crippen LogP contribution is 2.32. The van der Waals surface area contributed by atoms with Crippen LogP contribution in [0.1, 0.15) is 26.2 Å². The molecule has 0 amide bonds. The fourth-order valence-corrected chi connectivity index (χ4v) is 0.729. The van der Waals surface area contributed by atoms with Crippen molar-refractivity contribution in [3.05, 3.63) is 0 Å². The van der Waals surface area contributed by atoms with Gasteiger partial charge in [-0.2, -0.15) is 0 Å². The summed E-state index contributed by atoms with van der Waals surface area (Å²) in [4.78, 5) is 10.3. The Morgan fingerprint density at radius 3 is 2.43 bits per heavy atom. The van der Waals surface area contributed by atoms with Crippen LogP contribution in [0.2, 0.25) is 0 Å². The maximum Gasteiger partial charge on any atom is 0.130 e. The Kier molecular flexibility index (Phi) is 1.13. The third kappa shape index (κ3) is 1.72. The molecule has 0 heterocycles. The smallest absolute Gasteiger partial charge is 0.130 e. The van der Waals surface area contributed by atoms with Gasteiger partial charge in [-0.1, -0.05) is 0 Å². The van der Waals surface area contributed by atoms with Crippen molar-refractivity contribution in [2.24, 2.45) is 5.92 Å². The van der Waals surface area contributed by atoms with E-state index >= 15 is 0 Å². The van der Waals surface area contributed by atoms with E-state index in [1.807, 2.05) is 0 Å². The lowest BCUT2D eigenvalue weighted by molar-refractivity contribution is -0.117. The van der Waals surface area contributed by atoms with Crippen molar-refractivity contribution in [2.75, 3.05) is 0 Å². The highest BCUT2D eigenvalue weighted by Gasteiger charge is 2.22. The van der Waals surface area contributed by atoms with Gasteiger partial charge in [0.15, 0.2) is 0 Å². The number of carbonyl (C=O) groups excluding carboxylic acids is 1. The van der Waals surface area contributed by atoms with E-state index in [4.69, 9.17) is 0 Å².